The van der Waals surface area contributed by atoms with Gasteiger partial charge in [0.1, 0.15) is 6.34 Å². The summed E-state index contributed by atoms with van der Waals surface area (Å²) in [7, 11) is 1.95. The molecule has 0 atom stereocenters. The molecule has 2 rings (SSSR count). The highest BCUT2D eigenvalue weighted by Crippen LogP contribution is 2.09. The SMILES string of the molecule is C=C(C)CCN(C)C1=NC(=S)N=C2N=CN=C21. The molecule has 0 bridgehead atoms. The van der Waals surface area contributed by atoms with Crippen LogP contribution in [0.15, 0.2) is 32.1 Å². The van der Waals surface area contributed by atoms with Gasteiger partial charge in [-0.1, -0.05) is 5.57 Å². The predicted molar refractivity (Wildman–Crippen MR) is 75.5 cm³/mol. The van der Waals surface area contributed by atoms with Crippen molar-refractivity contribution in [2.24, 2.45) is 20.0 Å². The predicted octanol–water partition coefficient (Wildman–Crippen LogP) is 1.46. The van der Waals surface area contributed by atoms with Gasteiger partial charge in [-0.15, -0.1) is 6.58 Å². The summed E-state index contributed by atoms with van der Waals surface area (Å²) in [4.78, 5) is 18.5. The molecule has 2 heterocycles. The third kappa shape index (κ3) is 2.52. The van der Waals surface area contributed by atoms with E-state index in [4.69, 9.17) is 12.2 Å². The lowest BCUT2D eigenvalue weighted by Crippen LogP contribution is -2.39. The van der Waals surface area contributed by atoms with Crippen LogP contribution in [-0.4, -0.2) is 47.3 Å². The fourth-order valence-corrected chi connectivity index (χ4v) is 1.66. The van der Waals surface area contributed by atoms with E-state index < -0.39 is 0 Å². The number of amidine groups is 2. The number of hydrogen-bond acceptors (Lipinski definition) is 4. The van der Waals surface area contributed by atoms with Crippen LogP contribution in [0.2, 0.25) is 0 Å². The minimum absolute atomic E-state index is 0.301. The Labute approximate surface area is 105 Å². The van der Waals surface area contributed by atoms with Crippen LogP contribution in [0.3, 0.4) is 0 Å². The van der Waals surface area contributed by atoms with Gasteiger partial charge >= 0.3 is 0 Å². The Bertz CT molecular complexity index is 498. The lowest BCUT2D eigenvalue weighted by atomic mass is 10.2. The maximum absolute atomic E-state index is 5.01. The van der Waals surface area contributed by atoms with E-state index in [-0.39, 0.29) is 0 Å². The van der Waals surface area contributed by atoms with E-state index in [0.29, 0.717) is 16.7 Å². The van der Waals surface area contributed by atoms with Gasteiger partial charge in [-0.25, -0.2) is 9.98 Å². The number of rotatable bonds is 3. The summed E-state index contributed by atoms with van der Waals surface area (Å²) in [6, 6.07) is 0. The second kappa shape index (κ2) is 4.67. The third-order valence-corrected chi connectivity index (χ3v) is 2.61. The second-order valence-corrected chi connectivity index (χ2v) is 4.37. The van der Waals surface area contributed by atoms with Crippen molar-refractivity contribution >= 4 is 41.1 Å². The molecule has 0 aromatic rings. The van der Waals surface area contributed by atoms with Crippen molar-refractivity contribution in [2.75, 3.05) is 13.6 Å². The molecule has 0 amide bonds. The molecule has 0 N–H and O–H groups in total. The van der Waals surface area contributed by atoms with Crippen LogP contribution < -0.4 is 0 Å². The fraction of sp³-hybridized carbons (Fsp3) is 0.364. The average molecular weight is 247 g/mol. The van der Waals surface area contributed by atoms with Gasteiger partial charge in [0, 0.05) is 13.6 Å². The molecule has 0 aromatic heterocycles. The molecule has 0 saturated carbocycles. The van der Waals surface area contributed by atoms with Gasteiger partial charge in [0.05, 0.1) is 0 Å². The smallest absolute Gasteiger partial charge is 0.223 e. The third-order valence-electron chi connectivity index (χ3n) is 2.43. The van der Waals surface area contributed by atoms with Crippen molar-refractivity contribution in [2.45, 2.75) is 13.3 Å². The summed E-state index contributed by atoms with van der Waals surface area (Å²) >= 11 is 5.01. The number of nitrogens with zero attached hydrogens (tertiary/aromatic N) is 5. The number of fused-ring (bicyclic) bond motifs is 1. The first kappa shape index (κ1) is 11.8. The van der Waals surface area contributed by atoms with E-state index in [1.54, 1.807) is 0 Å². The van der Waals surface area contributed by atoms with Gasteiger partial charge in [0.25, 0.3) is 0 Å². The van der Waals surface area contributed by atoms with Crippen molar-refractivity contribution in [1.82, 2.24) is 4.90 Å². The van der Waals surface area contributed by atoms with Crippen LogP contribution in [0, 0.1) is 0 Å². The highest BCUT2D eigenvalue weighted by Gasteiger charge is 2.26. The fourth-order valence-electron chi connectivity index (χ4n) is 1.49. The Balaban J connectivity index is 2.15. The van der Waals surface area contributed by atoms with Crippen LogP contribution in [-0.2, 0) is 0 Å². The van der Waals surface area contributed by atoms with Gasteiger partial charge in [-0.2, -0.15) is 9.98 Å². The summed E-state index contributed by atoms with van der Waals surface area (Å²) in [5.74, 6) is 1.29. The van der Waals surface area contributed by atoms with Crippen molar-refractivity contribution in [3.63, 3.8) is 0 Å². The molecule has 2 aliphatic rings. The van der Waals surface area contributed by atoms with Crippen LogP contribution >= 0.6 is 12.2 Å². The summed E-state index contributed by atoms with van der Waals surface area (Å²) in [6.07, 6.45) is 2.38. The lowest BCUT2D eigenvalue weighted by Gasteiger charge is -2.22. The first-order chi connectivity index (χ1) is 8.08. The first-order valence-corrected chi connectivity index (χ1v) is 5.66. The lowest BCUT2D eigenvalue weighted by molar-refractivity contribution is 0.514. The Hall–Kier alpha value is -1.69. The van der Waals surface area contributed by atoms with E-state index in [2.05, 4.69) is 26.5 Å². The quantitative estimate of drug-likeness (QED) is 0.560. The van der Waals surface area contributed by atoms with Crippen molar-refractivity contribution in [1.29, 1.82) is 0 Å². The number of thiocarbonyl (C=S) groups is 1. The Morgan fingerprint density at radius 2 is 2.24 bits per heavy atom. The molecule has 0 saturated heterocycles. The monoisotopic (exact) mass is 247 g/mol. The van der Waals surface area contributed by atoms with Crippen molar-refractivity contribution in [3.8, 4) is 0 Å². The molecule has 0 aliphatic carbocycles. The zero-order valence-corrected chi connectivity index (χ0v) is 10.7. The molecule has 0 spiro atoms. The van der Waals surface area contributed by atoms with Gasteiger partial charge in [0.2, 0.25) is 5.11 Å². The van der Waals surface area contributed by atoms with Gasteiger partial charge in [0.15, 0.2) is 17.4 Å². The van der Waals surface area contributed by atoms with Crippen LogP contribution in [0.4, 0.5) is 0 Å². The standard InChI is InChI=1S/C11H13N5S/c1-7(2)4-5-16(3)10-8-9(13-6-12-8)14-11(17)15-10/h6H,1,4-5H2,2-3H3. The van der Waals surface area contributed by atoms with Crippen LogP contribution in [0.5, 0.6) is 0 Å². The normalized spacial score (nSPS) is 17.3. The zero-order valence-electron chi connectivity index (χ0n) is 9.84. The summed E-state index contributed by atoms with van der Waals surface area (Å²) in [5, 5.41) is 0.301. The van der Waals surface area contributed by atoms with E-state index in [1.165, 1.54) is 6.34 Å². The van der Waals surface area contributed by atoms with Gasteiger partial charge in [-0.05, 0) is 25.6 Å². The topological polar surface area (TPSA) is 52.7 Å². The molecule has 0 aromatic carbocycles. The van der Waals surface area contributed by atoms with Crippen LogP contribution in [0.1, 0.15) is 13.3 Å². The van der Waals surface area contributed by atoms with E-state index in [9.17, 15) is 0 Å². The average Bonchev–Trinajstić information content (AvgIpc) is 2.72. The Morgan fingerprint density at radius 1 is 1.47 bits per heavy atom. The summed E-state index contributed by atoms with van der Waals surface area (Å²) < 4.78 is 0. The molecule has 6 heteroatoms. The molecule has 2 aliphatic heterocycles. The van der Waals surface area contributed by atoms with E-state index >= 15 is 0 Å². The second-order valence-electron chi connectivity index (χ2n) is 4.00. The summed E-state index contributed by atoms with van der Waals surface area (Å²) in [6.45, 7) is 6.71. The maximum atomic E-state index is 5.01. The Kier molecular flexibility index (Phi) is 3.23. The number of hydrogen-bond donors (Lipinski definition) is 0. The molecule has 5 nitrogen and oxygen atoms in total. The van der Waals surface area contributed by atoms with Gasteiger partial charge in [-0.3, -0.25) is 0 Å². The van der Waals surface area contributed by atoms with Crippen LogP contribution in [0.25, 0.3) is 0 Å². The molecule has 17 heavy (non-hydrogen) atoms. The minimum atomic E-state index is 0.301. The molecular weight excluding hydrogens is 234 g/mol. The Morgan fingerprint density at radius 3 is 2.94 bits per heavy atom. The number of aliphatic imine (C=N–C) groups is 4. The molecule has 0 unspecified atom stereocenters. The molecular formula is C11H13N5S. The largest absolute Gasteiger partial charge is 0.357 e. The van der Waals surface area contributed by atoms with Crippen molar-refractivity contribution < 1.29 is 0 Å². The van der Waals surface area contributed by atoms with E-state index in [1.807, 2.05) is 18.9 Å². The van der Waals surface area contributed by atoms with Gasteiger partial charge < -0.3 is 4.90 Å². The highest BCUT2D eigenvalue weighted by atomic mass is 32.1. The first-order valence-electron chi connectivity index (χ1n) is 5.26. The van der Waals surface area contributed by atoms with Crippen molar-refractivity contribution in [3.05, 3.63) is 12.2 Å². The molecule has 0 fully saturated rings. The maximum Gasteiger partial charge on any atom is 0.223 e. The minimum Gasteiger partial charge on any atom is -0.357 e. The molecule has 0 radical (unpaired) electrons. The van der Waals surface area contributed by atoms with E-state index in [0.717, 1.165) is 24.4 Å². The zero-order chi connectivity index (χ0) is 12.4. The summed E-state index contributed by atoms with van der Waals surface area (Å²) in [5.41, 5.74) is 1.83. The molecule has 88 valence electrons. The highest BCUT2D eigenvalue weighted by molar-refractivity contribution is 7.80.